The van der Waals surface area contributed by atoms with E-state index in [-0.39, 0.29) is 30.2 Å². The quantitative estimate of drug-likeness (QED) is 0.513. The van der Waals surface area contributed by atoms with Gasteiger partial charge in [-0.3, -0.25) is 24.2 Å². The lowest BCUT2D eigenvalue weighted by atomic mass is 9.54. The van der Waals surface area contributed by atoms with Gasteiger partial charge in [-0.15, -0.1) is 0 Å². The highest BCUT2D eigenvalue weighted by Crippen LogP contribution is 2.58. The Kier molecular flexibility index (Phi) is 4.59. The summed E-state index contributed by atoms with van der Waals surface area (Å²) >= 11 is 0. The van der Waals surface area contributed by atoms with Crippen LogP contribution in [0.3, 0.4) is 0 Å². The van der Waals surface area contributed by atoms with Crippen LogP contribution in [-0.2, 0) is 27.5 Å². The van der Waals surface area contributed by atoms with Crippen molar-refractivity contribution < 1.29 is 14.4 Å². The molecule has 4 fully saturated rings. The third kappa shape index (κ3) is 2.95. The van der Waals surface area contributed by atoms with E-state index >= 15 is 0 Å². The fourth-order valence-corrected chi connectivity index (χ4v) is 7.72. The van der Waals surface area contributed by atoms with E-state index in [1.54, 1.807) is 0 Å². The van der Waals surface area contributed by atoms with Crippen LogP contribution in [0.4, 0.5) is 0 Å². The molecular formula is C29H29N3O3. The number of carbonyl (C=O) groups is 3. The van der Waals surface area contributed by atoms with Crippen molar-refractivity contribution in [2.45, 2.75) is 25.0 Å². The Morgan fingerprint density at radius 1 is 0.771 bits per heavy atom. The van der Waals surface area contributed by atoms with Gasteiger partial charge in [0, 0.05) is 26.2 Å². The molecule has 1 aliphatic carbocycles. The summed E-state index contributed by atoms with van der Waals surface area (Å²) in [6.07, 6.45) is 5.09. The largest absolute Gasteiger partial charge is 0.332 e. The molecular weight excluding hydrogens is 438 g/mol. The van der Waals surface area contributed by atoms with Crippen LogP contribution in [0.15, 0.2) is 72.8 Å². The van der Waals surface area contributed by atoms with Gasteiger partial charge in [-0.1, -0.05) is 72.8 Å². The number of nitrogens with zero attached hydrogens (tertiary/aromatic N) is 3. The summed E-state index contributed by atoms with van der Waals surface area (Å²) in [4.78, 5) is 47.2. The second-order valence-electron chi connectivity index (χ2n) is 11.0. The van der Waals surface area contributed by atoms with Crippen molar-refractivity contribution in [1.29, 1.82) is 0 Å². The number of hydrogen-bond acceptors (Lipinski definition) is 4. The van der Waals surface area contributed by atoms with Crippen molar-refractivity contribution >= 4 is 17.7 Å². The second-order valence-corrected chi connectivity index (χ2v) is 11.0. The van der Waals surface area contributed by atoms with Crippen LogP contribution in [-0.4, -0.2) is 57.6 Å². The number of piperidine rings is 3. The van der Waals surface area contributed by atoms with E-state index in [1.165, 1.54) is 10.5 Å². The van der Waals surface area contributed by atoms with Gasteiger partial charge in [0.1, 0.15) is 0 Å². The normalized spacial score (nSPS) is 35.4. The van der Waals surface area contributed by atoms with Crippen molar-refractivity contribution in [3.63, 3.8) is 0 Å². The van der Waals surface area contributed by atoms with E-state index < -0.39 is 23.3 Å². The van der Waals surface area contributed by atoms with Crippen molar-refractivity contribution in [1.82, 2.24) is 14.7 Å². The van der Waals surface area contributed by atoms with Crippen LogP contribution in [0, 0.1) is 29.6 Å². The maximum Gasteiger partial charge on any atom is 0.236 e. The van der Waals surface area contributed by atoms with E-state index in [0.717, 1.165) is 31.6 Å². The molecule has 35 heavy (non-hydrogen) atoms. The zero-order valence-electron chi connectivity index (χ0n) is 19.6. The molecule has 6 nitrogen and oxygen atoms in total. The monoisotopic (exact) mass is 467 g/mol. The first-order valence-corrected chi connectivity index (χ1v) is 12.7. The van der Waals surface area contributed by atoms with Gasteiger partial charge in [0.05, 0.1) is 29.8 Å². The van der Waals surface area contributed by atoms with Crippen LogP contribution >= 0.6 is 0 Å². The minimum absolute atomic E-state index is 0.0441. The summed E-state index contributed by atoms with van der Waals surface area (Å²) in [5.41, 5.74) is 1.52. The molecule has 6 heteroatoms. The number of likely N-dealkylation sites (tertiary alicyclic amines) is 2. The number of benzene rings is 2. The van der Waals surface area contributed by atoms with E-state index in [1.807, 2.05) is 47.4 Å². The molecule has 178 valence electrons. The first-order valence-electron chi connectivity index (χ1n) is 12.7. The lowest BCUT2D eigenvalue weighted by Crippen LogP contribution is -2.75. The number of fused-ring (bicyclic) bond motifs is 2. The van der Waals surface area contributed by atoms with Crippen molar-refractivity contribution in [2.24, 2.45) is 29.6 Å². The minimum atomic E-state index is -0.694. The van der Waals surface area contributed by atoms with Gasteiger partial charge < -0.3 is 4.90 Å². The van der Waals surface area contributed by atoms with Crippen LogP contribution in [0.25, 0.3) is 0 Å². The highest BCUT2D eigenvalue weighted by molar-refractivity contribution is 6.10. The molecule has 3 amide bonds. The predicted molar refractivity (Wildman–Crippen MR) is 129 cm³/mol. The molecule has 5 aliphatic heterocycles. The second kappa shape index (κ2) is 7.62. The van der Waals surface area contributed by atoms with Crippen LogP contribution < -0.4 is 0 Å². The maximum atomic E-state index is 14.0. The maximum absolute atomic E-state index is 14.0. The fourth-order valence-electron chi connectivity index (χ4n) is 7.72. The molecule has 2 aromatic rings. The number of imide groups is 1. The van der Waals surface area contributed by atoms with Crippen molar-refractivity contribution in [3.8, 4) is 0 Å². The SMILES string of the molecule is O=C1[C@H]2[C@H]3C=C[C@@]4([C@@H]5C[C@@H](CN(Cc6ccccc6)C5)CN4C3=O)[C@H]2C(=O)N1Cc1ccccc1. The Morgan fingerprint density at radius 3 is 2.17 bits per heavy atom. The average Bonchev–Trinajstić information content (AvgIpc) is 3.13. The van der Waals surface area contributed by atoms with Gasteiger partial charge >= 0.3 is 0 Å². The topological polar surface area (TPSA) is 60.9 Å². The molecule has 0 radical (unpaired) electrons. The molecule has 0 saturated carbocycles. The Bertz CT molecular complexity index is 1230. The molecule has 8 rings (SSSR count). The zero-order chi connectivity index (χ0) is 23.7. The van der Waals surface area contributed by atoms with Crippen molar-refractivity contribution in [3.05, 3.63) is 83.9 Å². The number of amides is 3. The standard InChI is InChI=1S/C29H29N3O3/c33-26-23-11-12-29(25-24(23)27(34)31(28(25)35)16-20-9-5-2-6-10-20)22-13-21(17-32(26)29)15-30(18-22)14-19-7-3-1-4-8-19/h1-12,21-25H,13-18H2/t21-,22+,23+,24-,25+,29+/m0/s1. The van der Waals surface area contributed by atoms with Crippen LogP contribution in [0.1, 0.15) is 17.5 Å². The molecule has 4 saturated heterocycles. The zero-order valence-corrected chi connectivity index (χ0v) is 19.6. The van der Waals surface area contributed by atoms with E-state index in [4.69, 9.17) is 0 Å². The molecule has 1 spiro atoms. The van der Waals surface area contributed by atoms with E-state index in [0.29, 0.717) is 12.5 Å². The van der Waals surface area contributed by atoms with Gasteiger partial charge in [-0.2, -0.15) is 0 Å². The first kappa shape index (κ1) is 21.1. The minimum Gasteiger partial charge on any atom is -0.332 e. The molecule has 6 atom stereocenters. The molecule has 5 heterocycles. The van der Waals surface area contributed by atoms with E-state index in [9.17, 15) is 14.4 Å². The van der Waals surface area contributed by atoms with Crippen molar-refractivity contribution in [2.75, 3.05) is 19.6 Å². The van der Waals surface area contributed by atoms with Gasteiger partial charge in [-0.05, 0) is 29.4 Å². The smallest absolute Gasteiger partial charge is 0.236 e. The number of hydrogen-bond donors (Lipinski definition) is 0. The predicted octanol–water partition coefficient (Wildman–Crippen LogP) is 2.71. The van der Waals surface area contributed by atoms with Gasteiger partial charge in [0.15, 0.2) is 0 Å². The molecule has 6 aliphatic rings. The molecule has 0 unspecified atom stereocenters. The molecule has 0 N–H and O–H groups in total. The molecule has 0 aromatic heterocycles. The molecule has 2 aromatic carbocycles. The summed E-state index contributed by atoms with van der Waals surface area (Å²) in [7, 11) is 0. The first-order chi connectivity index (χ1) is 17.1. The summed E-state index contributed by atoms with van der Waals surface area (Å²) in [5.74, 6) is -1.26. The highest BCUT2D eigenvalue weighted by atomic mass is 16.2. The Morgan fingerprint density at radius 2 is 1.46 bits per heavy atom. The summed E-state index contributed by atoms with van der Waals surface area (Å²) in [6.45, 7) is 3.60. The van der Waals surface area contributed by atoms with Crippen LogP contribution in [0.5, 0.6) is 0 Å². The Balaban J connectivity index is 1.24. The molecule has 4 bridgehead atoms. The van der Waals surface area contributed by atoms with Crippen LogP contribution in [0.2, 0.25) is 0 Å². The number of rotatable bonds is 4. The summed E-state index contributed by atoms with van der Waals surface area (Å²) in [5, 5.41) is 0. The average molecular weight is 468 g/mol. The summed E-state index contributed by atoms with van der Waals surface area (Å²) < 4.78 is 0. The highest BCUT2D eigenvalue weighted by Gasteiger charge is 2.71. The Hall–Kier alpha value is -3.25. The third-order valence-electron chi connectivity index (χ3n) is 9.06. The van der Waals surface area contributed by atoms with Gasteiger partial charge in [0.2, 0.25) is 17.7 Å². The van der Waals surface area contributed by atoms with Gasteiger partial charge in [-0.25, -0.2) is 0 Å². The number of carbonyl (C=O) groups excluding carboxylic acids is 3. The van der Waals surface area contributed by atoms with Gasteiger partial charge in [0.25, 0.3) is 0 Å². The summed E-state index contributed by atoms with van der Waals surface area (Å²) in [6, 6.07) is 20.1. The van der Waals surface area contributed by atoms with E-state index in [2.05, 4.69) is 35.2 Å². The third-order valence-corrected chi connectivity index (χ3v) is 9.06. The fraction of sp³-hybridized carbons (Fsp3) is 0.414. The lowest BCUT2D eigenvalue weighted by Gasteiger charge is -2.64. The Labute approximate surface area is 205 Å². The lowest BCUT2D eigenvalue weighted by molar-refractivity contribution is -0.177.